The van der Waals surface area contributed by atoms with Crippen molar-refractivity contribution < 1.29 is 8.42 Å². The predicted molar refractivity (Wildman–Crippen MR) is 80.8 cm³/mol. The summed E-state index contributed by atoms with van der Waals surface area (Å²) in [5.41, 5.74) is 0. The number of aromatic nitrogens is 2. The lowest BCUT2D eigenvalue weighted by atomic mass is 10.4. The maximum atomic E-state index is 12.5. The molecule has 0 fully saturated rings. The maximum absolute atomic E-state index is 12.5. The van der Waals surface area contributed by atoms with Gasteiger partial charge in [-0.25, -0.2) is 13.4 Å². The summed E-state index contributed by atoms with van der Waals surface area (Å²) in [5, 5.41) is -0.0150. The molecule has 0 N–H and O–H groups in total. The first kappa shape index (κ1) is 15.8. The van der Waals surface area contributed by atoms with Crippen molar-refractivity contribution in [1.82, 2.24) is 13.9 Å². The molecule has 2 aromatic rings. The highest BCUT2D eigenvalue weighted by Crippen LogP contribution is 2.27. The molecular weight excluding hydrogens is 341 g/mol. The number of hydrogen-bond donors (Lipinski definition) is 0. The summed E-state index contributed by atoms with van der Waals surface area (Å²) < 4.78 is 28.5. The maximum Gasteiger partial charge on any atom is 0.263 e. The van der Waals surface area contributed by atoms with E-state index >= 15 is 0 Å². The molecule has 0 aliphatic rings. The molecule has 5 nitrogen and oxygen atoms in total. The number of thiophene rings is 1. The zero-order valence-electron chi connectivity index (χ0n) is 10.9. The van der Waals surface area contributed by atoms with Crippen molar-refractivity contribution in [3.05, 3.63) is 32.8 Å². The van der Waals surface area contributed by atoms with E-state index in [1.54, 1.807) is 20.0 Å². The number of halogens is 2. The summed E-state index contributed by atoms with van der Waals surface area (Å²) in [4.78, 5) is 4.75. The van der Waals surface area contributed by atoms with E-state index in [1.165, 1.54) is 26.5 Å². The molecule has 0 saturated carbocycles. The number of nitrogens with zero attached hydrogens (tertiary/aromatic N) is 3. The van der Waals surface area contributed by atoms with Gasteiger partial charge in [-0.2, -0.15) is 4.31 Å². The summed E-state index contributed by atoms with van der Waals surface area (Å²) in [5.74, 6) is 0. The standard InChI is InChI=1S/C11H13Cl2N3O2S2/c1-3-16(6-8-4-5-9(12)19-8)20(17,18)11-10(13)15(2)7-14-11/h4-5,7H,3,6H2,1-2H3. The van der Waals surface area contributed by atoms with E-state index < -0.39 is 10.0 Å². The first-order valence-electron chi connectivity index (χ1n) is 5.77. The fourth-order valence-corrected chi connectivity index (χ4v) is 4.67. The van der Waals surface area contributed by atoms with Gasteiger partial charge < -0.3 is 4.57 Å². The van der Waals surface area contributed by atoms with Gasteiger partial charge in [-0.1, -0.05) is 30.1 Å². The van der Waals surface area contributed by atoms with Gasteiger partial charge in [0.2, 0.25) is 5.03 Å². The van der Waals surface area contributed by atoms with Gasteiger partial charge >= 0.3 is 0 Å². The third-order valence-corrected chi connectivity index (χ3v) is 6.36. The molecule has 0 aliphatic carbocycles. The van der Waals surface area contributed by atoms with Gasteiger partial charge in [-0.05, 0) is 12.1 Å². The van der Waals surface area contributed by atoms with Crippen molar-refractivity contribution in [2.24, 2.45) is 7.05 Å². The molecule has 110 valence electrons. The predicted octanol–water partition coefficient (Wildman–Crippen LogP) is 3.00. The minimum atomic E-state index is -3.72. The Hall–Kier alpha value is -0.600. The van der Waals surface area contributed by atoms with Crippen LogP contribution in [0, 0.1) is 0 Å². The van der Waals surface area contributed by atoms with Crippen molar-refractivity contribution in [2.75, 3.05) is 6.54 Å². The summed E-state index contributed by atoms with van der Waals surface area (Å²) in [6.45, 7) is 2.34. The van der Waals surface area contributed by atoms with Gasteiger partial charge in [0.05, 0.1) is 10.7 Å². The molecule has 9 heteroatoms. The fraction of sp³-hybridized carbons (Fsp3) is 0.364. The largest absolute Gasteiger partial charge is 0.324 e. The van der Waals surface area contributed by atoms with E-state index in [0.717, 1.165) is 4.88 Å². The Balaban J connectivity index is 2.33. The van der Waals surface area contributed by atoms with Crippen LogP contribution < -0.4 is 0 Å². The SMILES string of the molecule is CCN(Cc1ccc(Cl)s1)S(=O)(=O)c1ncn(C)c1Cl. The van der Waals surface area contributed by atoms with Crippen LogP contribution >= 0.6 is 34.5 Å². The van der Waals surface area contributed by atoms with Crippen molar-refractivity contribution in [2.45, 2.75) is 18.5 Å². The van der Waals surface area contributed by atoms with Crippen LogP contribution in [0.2, 0.25) is 9.49 Å². The second kappa shape index (κ2) is 6.03. The molecule has 2 rings (SSSR count). The third-order valence-electron chi connectivity index (χ3n) is 2.73. The third kappa shape index (κ3) is 3.01. The smallest absolute Gasteiger partial charge is 0.263 e. The topological polar surface area (TPSA) is 55.2 Å². The van der Waals surface area contributed by atoms with E-state index in [9.17, 15) is 8.42 Å². The van der Waals surface area contributed by atoms with E-state index in [-0.39, 0.29) is 16.7 Å². The van der Waals surface area contributed by atoms with Gasteiger partial charge in [0.15, 0.2) is 0 Å². The fourth-order valence-electron chi connectivity index (χ4n) is 1.67. The van der Waals surface area contributed by atoms with Gasteiger partial charge in [-0.15, -0.1) is 11.3 Å². The highest BCUT2D eigenvalue weighted by atomic mass is 35.5. The zero-order valence-corrected chi connectivity index (χ0v) is 14.0. The van der Waals surface area contributed by atoms with Gasteiger partial charge in [0.1, 0.15) is 5.15 Å². The molecule has 0 atom stereocenters. The Morgan fingerprint density at radius 2 is 2.10 bits per heavy atom. The molecule has 0 spiro atoms. The molecule has 0 aliphatic heterocycles. The monoisotopic (exact) mass is 353 g/mol. The van der Waals surface area contributed by atoms with Crippen molar-refractivity contribution >= 4 is 44.6 Å². The highest BCUT2D eigenvalue weighted by Gasteiger charge is 2.29. The Morgan fingerprint density at radius 1 is 1.40 bits per heavy atom. The first-order chi connectivity index (χ1) is 9.36. The number of rotatable bonds is 5. The lowest BCUT2D eigenvalue weighted by Crippen LogP contribution is -2.30. The van der Waals surface area contributed by atoms with Crippen LogP contribution in [0.15, 0.2) is 23.5 Å². The Labute approximate surface area is 131 Å². The Morgan fingerprint density at radius 3 is 2.55 bits per heavy atom. The minimum absolute atomic E-state index is 0.104. The van der Waals surface area contributed by atoms with Crippen molar-refractivity contribution in [3.63, 3.8) is 0 Å². The average Bonchev–Trinajstić information content (AvgIpc) is 2.94. The Bertz CT molecular complexity index is 709. The molecule has 20 heavy (non-hydrogen) atoms. The number of imidazole rings is 1. The molecule has 0 unspecified atom stereocenters. The molecule has 0 aromatic carbocycles. The number of hydrogen-bond acceptors (Lipinski definition) is 4. The van der Waals surface area contributed by atoms with Crippen LogP contribution in [0.25, 0.3) is 0 Å². The summed E-state index contributed by atoms with van der Waals surface area (Å²) >= 11 is 13.2. The van der Waals surface area contributed by atoms with Crippen LogP contribution in [-0.2, 0) is 23.6 Å². The van der Waals surface area contributed by atoms with E-state index in [4.69, 9.17) is 23.2 Å². The molecule has 2 heterocycles. The summed E-state index contributed by atoms with van der Waals surface area (Å²) in [6.07, 6.45) is 1.38. The van der Waals surface area contributed by atoms with Gasteiger partial charge in [0.25, 0.3) is 10.0 Å². The van der Waals surface area contributed by atoms with Gasteiger partial charge in [0, 0.05) is 25.0 Å². The van der Waals surface area contributed by atoms with E-state index in [2.05, 4.69) is 4.98 Å². The van der Waals surface area contributed by atoms with Crippen LogP contribution in [-0.4, -0.2) is 28.8 Å². The van der Waals surface area contributed by atoms with Crippen molar-refractivity contribution in [1.29, 1.82) is 0 Å². The van der Waals surface area contributed by atoms with Crippen LogP contribution in [0.5, 0.6) is 0 Å². The number of sulfonamides is 1. The molecule has 0 saturated heterocycles. The second-order valence-electron chi connectivity index (χ2n) is 4.09. The van der Waals surface area contributed by atoms with Crippen molar-refractivity contribution in [3.8, 4) is 0 Å². The molecule has 0 bridgehead atoms. The highest BCUT2D eigenvalue weighted by molar-refractivity contribution is 7.89. The second-order valence-corrected chi connectivity index (χ2v) is 8.10. The molecule has 0 radical (unpaired) electrons. The molecular formula is C11H13Cl2N3O2S2. The van der Waals surface area contributed by atoms with Crippen LogP contribution in [0.3, 0.4) is 0 Å². The average molecular weight is 354 g/mol. The van der Waals surface area contributed by atoms with Gasteiger partial charge in [-0.3, -0.25) is 0 Å². The summed E-state index contributed by atoms with van der Waals surface area (Å²) in [6, 6.07) is 3.56. The number of aryl methyl sites for hydroxylation is 1. The first-order valence-corrected chi connectivity index (χ1v) is 8.78. The van der Waals surface area contributed by atoms with Crippen LogP contribution in [0.1, 0.15) is 11.8 Å². The molecule has 2 aromatic heterocycles. The quantitative estimate of drug-likeness (QED) is 0.829. The normalized spacial score (nSPS) is 12.2. The van der Waals surface area contributed by atoms with Crippen LogP contribution in [0.4, 0.5) is 0 Å². The lowest BCUT2D eigenvalue weighted by Gasteiger charge is -2.18. The molecule has 0 amide bonds. The summed E-state index contributed by atoms with van der Waals surface area (Å²) in [7, 11) is -2.07. The minimum Gasteiger partial charge on any atom is -0.324 e. The van der Waals surface area contributed by atoms with E-state index in [0.29, 0.717) is 10.9 Å². The Kier molecular flexibility index (Phi) is 4.76. The van der Waals surface area contributed by atoms with E-state index in [1.807, 2.05) is 6.07 Å². The lowest BCUT2D eigenvalue weighted by molar-refractivity contribution is 0.424. The zero-order chi connectivity index (χ0) is 14.9.